The molecular formula is C15H16ClN3O. The van der Waals surface area contributed by atoms with Crippen molar-refractivity contribution in [1.29, 1.82) is 0 Å². The topological polar surface area (TPSA) is 67.2 Å². The van der Waals surface area contributed by atoms with Crippen LogP contribution in [0, 0.1) is 6.92 Å². The number of carbonyl (C=O) groups excluding carboxylic acids is 1. The zero-order valence-electron chi connectivity index (χ0n) is 11.3. The number of nitrogens with two attached hydrogens (primary N) is 1. The summed E-state index contributed by atoms with van der Waals surface area (Å²) in [5.41, 5.74) is 9.42. The Morgan fingerprint density at radius 3 is 2.60 bits per heavy atom. The van der Waals surface area contributed by atoms with Gasteiger partial charge in [-0.1, -0.05) is 17.7 Å². The molecule has 4 nitrogen and oxygen atoms in total. The van der Waals surface area contributed by atoms with Crippen molar-refractivity contribution in [2.24, 2.45) is 0 Å². The molecule has 1 amide bonds. The van der Waals surface area contributed by atoms with Crippen LogP contribution >= 0.6 is 11.6 Å². The fraction of sp³-hybridized carbons (Fsp3) is 0.133. The molecule has 0 bridgehead atoms. The highest BCUT2D eigenvalue weighted by Gasteiger charge is 2.11. The Labute approximate surface area is 122 Å². The third kappa shape index (κ3) is 3.03. The van der Waals surface area contributed by atoms with Gasteiger partial charge >= 0.3 is 0 Å². The molecule has 0 saturated heterocycles. The van der Waals surface area contributed by atoms with Crippen LogP contribution in [0.1, 0.15) is 15.9 Å². The second kappa shape index (κ2) is 5.84. The van der Waals surface area contributed by atoms with Crippen molar-refractivity contribution in [3.63, 3.8) is 0 Å². The molecule has 0 radical (unpaired) electrons. The first-order valence-corrected chi connectivity index (χ1v) is 6.54. The van der Waals surface area contributed by atoms with Crippen LogP contribution < -0.4 is 16.4 Å². The third-order valence-corrected chi connectivity index (χ3v) is 3.22. The van der Waals surface area contributed by atoms with Gasteiger partial charge in [0.05, 0.1) is 11.3 Å². The Bertz CT molecular complexity index is 656. The van der Waals surface area contributed by atoms with E-state index in [9.17, 15) is 4.79 Å². The summed E-state index contributed by atoms with van der Waals surface area (Å²) in [6, 6.07) is 10.7. The Morgan fingerprint density at radius 2 is 1.90 bits per heavy atom. The van der Waals surface area contributed by atoms with Crippen LogP contribution in [0.5, 0.6) is 0 Å². The van der Waals surface area contributed by atoms with E-state index in [0.717, 1.165) is 11.3 Å². The number of hydrogen-bond donors (Lipinski definition) is 3. The van der Waals surface area contributed by atoms with E-state index in [0.29, 0.717) is 22.0 Å². The van der Waals surface area contributed by atoms with Crippen LogP contribution in [-0.4, -0.2) is 13.0 Å². The lowest BCUT2D eigenvalue weighted by atomic mass is 10.1. The van der Waals surface area contributed by atoms with Gasteiger partial charge in [0.15, 0.2) is 0 Å². The first-order valence-electron chi connectivity index (χ1n) is 6.16. The summed E-state index contributed by atoms with van der Waals surface area (Å²) in [5.74, 6) is -0.174. The van der Waals surface area contributed by atoms with Gasteiger partial charge in [-0.3, -0.25) is 4.79 Å². The number of halogens is 1. The quantitative estimate of drug-likeness (QED) is 0.759. The minimum absolute atomic E-state index is 0.174. The number of hydrogen-bond acceptors (Lipinski definition) is 3. The molecule has 0 aromatic heterocycles. The molecule has 104 valence electrons. The van der Waals surface area contributed by atoms with Gasteiger partial charge in [-0.2, -0.15) is 0 Å². The zero-order valence-corrected chi connectivity index (χ0v) is 12.1. The van der Waals surface area contributed by atoms with E-state index in [1.54, 1.807) is 25.2 Å². The third-order valence-electron chi connectivity index (χ3n) is 2.98. The van der Waals surface area contributed by atoms with Crippen LogP contribution in [-0.2, 0) is 0 Å². The summed E-state index contributed by atoms with van der Waals surface area (Å²) in [5, 5.41) is 6.45. The van der Waals surface area contributed by atoms with Gasteiger partial charge in [0, 0.05) is 23.4 Å². The summed E-state index contributed by atoms with van der Waals surface area (Å²) >= 11 is 6.00. The SMILES string of the molecule is CNC(=O)c1ccc(N)cc1Nc1cc(Cl)ccc1C. The lowest BCUT2D eigenvalue weighted by Crippen LogP contribution is -2.19. The molecule has 0 heterocycles. The second-order valence-electron chi connectivity index (χ2n) is 4.47. The van der Waals surface area contributed by atoms with Crippen molar-refractivity contribution in [2.75, 3.05) is 18.1 Å². The largest absolute Gasteiger partial charge is 0.399 e. The number of rotatable bonds is 3. The average molecular weight is 290 g/mol. The normalized spacial score (nSPS) is 10.2. The Kier molecular flexibility index (Phi) is 4.15. The molecule has 0 saturated carbocycles. The molecule has 0 spiro atoms. The number of amides is 1. The predicted octanol–water partition coefficient (Wildman–Crippen LogP) is 3.33. The molecule has 0 unspecified atom stereocenters. The van der Waals surface area contributed by atoms with E-state index in [-0.39, 0.29) is 5.91 Å². The van der Waals surface area contributed by atoms with E-state index in [2.05, 4.69) is 10.6 Å². The molecule has 0 aliphatic rings. The molecule has 4 N–H and O–H groups in total. The Hall–Kier alpha value is -2.20. The van der Waals surface area contributed by atoms with Gasteiger partial charge < -0.3 is 16.4 Å². The van der Waals surface area contributed by atoms with Crippen molar-refractivity contribution >= 4 is 34.6 Å². The Balaban J connectivity index is 2.44. The number of aryl methyl sites for hydroxylation is 1. The molecular weight excluding hydrogens is 274 g/mol. The van der Waals surface area contributed by atoms with Gasteiger partial charge in [0.25, 0.3) is 5.91 Å². The highest BCUT2D eigenvalue weighted by molar-refractivity contribution is 6.30. The predicted molar refractivity (Wildman–Crippen MR) is 83.7 cm³/mol. The maximum atomic E-state index is 11.9. The van der Waals surface area contributed by atoms with Crippen LogP contribution in [0.4, 0.5) is 17.1 Å². The minimum atomic E-state index is -0.174. The number of anilines is 3. The molecule has 5 heteroatoms. The fourth-order valence-electron chi connectivity index (χ4n) is 1.87. The van der Waals surface area contributed by atoms with E-state index in [1.807, 2.05) is 25.1 Å². The van der Waals surface area contributed by atoms with Gasteiger partial charge in [0.1, 0.15) is 0 Å². The van der Waals surface area contributed by atoms with Crippen molar-refractivity contribution in [2.45, 2.75) is 6.92 Å². The highest BCUT2D eigenvalue weighted by Crippen LogP contribution is 2.27. The van der Waals surface area contributed by atoms with Gasteiger partial charge in [0.2, 0.25) is 0 Å². The monoisotopic (exact) mass is 289 g/mol. The van der Waals surface area contributed by atoms with Crippen LogP contribution in [0.3, 0.4) is 0 Å². The molecule has 0 atom stereocenters. The Morgan fingerprint density at radius 1 is 1.15 bits per heavy atom. The number of nitrogens with one attached hydrogen (secondary N) is 2. The van der Waals surface area contributed by atoms with Crippen molar-refractivity contribution in [1.82, 2.24) is 5.32 Å². The molecule has 2 aromatic carbocycles. The van der Waals surface area contributed by atoms with E-state index >= 15 is 0 Å². The lowest BCUT2D eigenvalue weighted by Gasteiger charge is -2.14. The smallest absolute Gasteiger partial charge is 0.253 e. The summed E-state index contributed by atoms with van der Waals surface area (Å²) in [6.45, 7) is 1.96. The minimum Gasteiger partial charge on any atom is -0.399 e. The molecule has 2 rings (SSSR count). The molecule has 20 heavy (non-hydrogen) atoms. The van der Waals surface area contributed by atoms with Crippen LogP contribution in [0.15, 0.2) is 36.4 Å². The number of benzene rings is 2. The van der Waals surface area contributed by atoms with Crippen molar-refractivity contribution in [3.8, 4) is 0 Å². The van der Waals surface area contributed by atoms with E-state index < -0.39 is 0 Å². The van der Waals surface area contributed by atoms with Crippen LogP contribution in [0.2, 0.25) is 5.02 Å². The van der Waals surface area contributed by atoms with E-state index in [1.165, 1.54) is 0 Å². The molecule has 0 aliphatic heterocycles. The molecule has 0 fully saturated rings. The molecule has 2 aromatic rings. The fourth-order valence-corrected chi connectivity index (χ4v) is 2.04. The van der Waals surface area contributed by atoms with Gasteiger partial charge in [-0.05, 0) is 42.8 Å². The number of carbonyl (C=O) groups is 1. The zero-order chi connectivity index (χ0) is 14.7. The first-order chi connectivity index (χ1) is 9.51. The first kappa shape index (κ1) is 14.2. The second-order valence-corrected chi connectivity index (χ2v) is 4.90. The van der Waals surface area contributed by atoms with Crippen molar-refractivity contribution in [3.05, 3.63) is 52.5 Å². The molecule has 0 aliphatic carbocycles. The van der Waals surface area contributed by atoms with Crippen LogP contribution in [0.25, 0.3) is 0 Å². The highest BCUT2D eigenvalue weighted by atomic mass is 35.5. The summed E-state index contributed by atoms with van der Waals surface area (Å²) in [6.07, 6.45) is 0. The standard InChI is InChI=1S/C15H16ClN3O/c1-9-3-4-10(16)7-13(9)19-14-8-11(17)5-6-12(14)15(20)18-2/h3-8,19H,17H2,1-2H3,(H,18,20). The summed E-state index contributed by atoms with van der Waals surface area (Å²) in [7, 11) is 1.59. The summed E-state index contributed by atoms with van der Waals surface area (Å²) < 4.78 is 0. The van der Waals surface area contributed by atoms with Gasteiger partial charge in [-0.25, -0.2) is 0 Å². The maximum Gasteiger partial charge on any atom is 0.253 e. The summed E-state index contributed by atoms with van der Waals surface area (Å²) in [4.78, 5) is 11.9. The van der Waals surface area contributed by atoms with Gasteiger partial charge in [-0.15, -0.1) is 0 Å². The lowest BCUT2D eigenvalue weighted by molar-refractivity contribution is 0.0964. The van der Waals surface area contributed by atoms with Crippen molar-refractivity contribution < 1.29 is 4.79 Å². The maximum absolute atomic E-state index is 11.9. The average Bonchev–Trinajstić information content (AvgIpc) is 2.42. The number of nitrogen functional groups attached to an aromatic ring is 1. The van der Waals surface area contributed by atoms with E-state index in [4.69, 9.17) is 17.3 Å².